The van der Waals surface area contributed by atoms with Crippen molar-refractivity contribution in [1.82, 2.24) is 10.6 Å². The average molecular weight is 445 g/mol. The molecule has 0 aliphatic heterocycles. The third-order valence-electron chi connectivity index (χ3n) is 5.11. The maximum atomic E-state index is 12.4. The van der Waals surface area contributed by atoms with Gasteiger partial charge in [0.2, 0.25) is 5.91 Å². The number of nitrogens with one attached hydrogen (secondary N) is 4. The fraction of sp³-hybridized carbons (Fsp3) is 0.364. The van der Waals surface area contributed by atoms with E-state index in [1.165, 1.54) is 6.42 Å². The van der Waals surface area contributed by atoms with Crippen LogP contribution in [0.25, 0.3) is 0 Å². The molecule has 0 radical (unpaired) electrons. The second-order valence-electron chi connectivity index (χ2n) is 7.71. The topological polar surface area (TPSA) is 116 Å². The number of urea groups is 1. The van der Waals surface area contributed by atoms with Gasteiger partial charge in [0.15, 0.2) is 0 Å². The molecule has 0 saturated heterocycles. The molecule has 0 bridgehead atoms. The van der Waals surface area contributed by atoms with Gasteiger partial charge in [-0.25, -0.2) is 13.2 Å². The zero-order valence-electron chi connectivity index (χ0n) is 17.5. The smallest absolute Gasteiger partial charge is 0.319 e. The minimum absolute atomic E-state index is 0.100. The lowest BCUT2D eigenvalue weighted by Crippen LogP contribution is -2.43. The van der Waals surface area contributed by atoms with E-state index >= 15 is 0 Å². The van der Waals surface area contributed by atoms with E-state index in [1.807, 2.05) is 6.92 Å². The predicted octanol–water partition coefficient (Wildman–Crippen LogP) is 3.37. The number of hydrogen-bond acceptors (Lipinski definition) is 4. The van der Waals surface area contributed by atoms with E-state index < -0.39 is 16.1 Å². The molecule has 9 heteroatoms. The first-order valence-electron chi connectivity index (χ1n) is 10.4. The van der Waals surface area contributed by atoms with Gasteiger partial charge in [0.05, 0.1) is 11.4 Å². The standard InChI is InChI=1S/C22H28N4O4S/c1-16-7-13-20(14-8-16)31(29,30)26-19-11-9-18(10-12-19)25-22(28)23-15-21(27)24-17-5-3-2-4-6-17/h7-14,17,26H,2-6,15H2,1H3,(H,24,27)(H2,23,25,28). The summed E-state index contributed by atoms with van der Waals surface area (Å²) in [5, 5.41) is 8.08. The molecule has 3 rings (SSSR count). The van der Waals surface area contributed by atoms with Gasteiger partial charge in [-0.05, 0) is 56.2 Å². The molecule has 0 unspecified atom stereocenters. The molecule has 1 aliphatic rings. The molecule has 4 N–H and O–H groups in total. The average Bonchev–Trinajstić information content (AvgIpc) is 2.74. The van der Waals surface area contributed by atoms with Crippen molar-refractivity contribution in [1.29, 1.82) is 0 Å². The van der Waals surface area contributed by atoms with Crippen molar-refractivity contribution in [3.63, 3.8) is 0 Å². The van der Waals surface area contributed by atoms with Gasteiger partial charge in [-0.3, -0.25) is 9.52 Å². The summed E-state index contributed by atoms with van der Waals surface area (Å²) in [6, 6.07) is 12.5. The van der Waals surface area contributed by atoms with Crippen molar-refractivity contribution in [2.75, 3.05) is 16.6 Å². The molecule has 1 saturated carbocycles. The van der Waals surface area contributed by atoms with Gasteiger partial charge in [0.25, 0.3) is 10.0 Å². The molecule has 0 spiro atoms. The monoisotopic (exact) mass is 444 g/mol. The van der Waals surface area contributed by atoms with E-state index in [0.29, 0.717) is 11.4 Å². The Morgan fingerprint density at radius 3 is 2.16 bits per heavy atom. The van der Waals surface area contributed by atoms with Crippen LogP contribution in [0.3, 0.4) is 0 Å². The summed E-state index contributed by atoms with van der Waals surface area (Å²) in [5.74, 6) is -0.206. The van der Waals surface area contributed by atoms with Gasteiger partial charge in [-0.15, -0.1) is 0 Å². The van der Waals surface area contributed by atoms with Crippen LogP contribution < -0.4 is 20.7 Å². The molecule has 1 aliphatic carbocycles. The van der Waals surface area contributed by atoms with E-state index in [1.54, 1.807) is 48.5 Å². The Morgan fingerprint density at radius 1 is 0.903 bits per heavy atom. The van der Waals surface area contributed by atoms with Gasteiger partial charge < -0.3 is 16.0 Å². The normalized spacial score (nSPS) is 14.5. The molecule has 3 amide bonds. The van der Waals surface area contributed by atoms with Crippen molar-refractivity contribution in [3.05, 3.63) is 54.1 Å². The Hall–Kier alpha value is -3.07. The second kappa shape index (κ2) is 10.3. The molecular weight excluding hydrogens is 416 g/mol. The molecule has 2 aromatic rings. The Labute approximate surface area is 182 Å². The van der Waals surface area contributed by atoms with Crippen LogP contribution in [-0.2, 0) is 14.8 Å². The molecule has 0 atom stereocenters. The Kier molecular flexibility index (Phi) is 7.51. The van der Waals surface area contributed by atoms with Gasteiger partial charge in [-0.1, -0.05) is 37.0 Å². The van der Waals surface area contributed by atoms with Crippen LogP contribution in [0.15, 0.2) is 53.4 Å². The molecule has 0 aromatic heterocycles. The van der Waals surface area contributed by atoms with Gasteiger partial charge in [-0.2, -0.15) is 0 Å². The number of anilines is 2. The first kappa shape index (κ1) is 22.6. The van der Waals surface area contributed by atoms with Crippen molar-refractivity contribution < 1.29 is 18.0 Å². The van der Waals surface area contributed by atoms with Gasteiger partial charge in [0.1, 0.15) is 0 Å². The van der Waals surface area contributed by atoms with Crippen LogP contribution in [0.5, 0.6) is 0 Å². The van der Waals surface area contributed by atoms with E-state index in [2.05, 4.69) is 20.7 Å². The molecule has 0 heterocycles. The third kappa shape index (κ3) is 6.99. The number of rotatable bonds is 7. The van der Waals surface area contributed by atoms with E-state index in [0.717, 1.165) is 31.2 Å². The van der Waals surface area contributed by atoms with Crippen LogP contribution >= 0.6 is 0 Å². The van der Waals surface area contributed by atoms with Crippen molar-refractivity contribution in [2.24, 2.45) is 0 Å². The summed E-state index contributed by atoms with van der Waals surface area (Å²) in [6.07, 6.45) is 5.42. The first-order valence-corrected chi connectivity index (χ1v) is 11.8. The van der Waals surface area contributed by atoms with E-state index in [4.69, 9.17) is 0 Å². The zero-order valence-corrected chi connectivity index (χ0v) is 18.3. The lowest BCUT2D eigenvalue weighted by atomic mass is 9.95. The number of aryl methyl sites for hydroxylation is 1. The lowest BCUT2D eigenvalue weighted by Gasteiger charge is -2.22. The van der Waals surface area contributed by atoms with Crippen molar-refractivity contribution >= 4 is 33.3 Å². The molecule has 166 valence electrons. The molecule has 2 aromatic carbocycles. The predicted molar refractivity (Wildman–Crippen MR) is 120 cm³/mol. The van der Waals surface area contributed by atoms with Crippen LogP contribution in [0, 0.1) is 6.92 Å². The summed E-state index contributed by atoms with van der Waals surface area (Å²) >= 11 is 0. The number of sulfonamides is 1. The third-order valence-corrected chi connectivity index (χ3v) is 6.50. The minimum atomic E-state index is -3.69. The summed E-state index contributed by atoms with van der Waals surface area (Å²) < 4.78 is 27.4. The summed E-state index contributed by atoms with van der Waals surface area (Å²) in [5.41, 5.74) is 1.82. The Morgan fingerprint density at radius 2 is 1.52 bits per heavy atom. The number of benzene rings is 2. The highest BCUT2D eigenvalue weighted by atomic mass is 32.2. The minimum Gasteiger partial charge on any atom is -0.352 e. The quantitative estimate of drug-likeness (QED) is 0.524. The Balaban J connectivity index is 1.46. The molecular formula is C22H28N4O4S. The largest absolute Gasteiger partial charge is 0.352 e. The van der Waals surface area contributed by atoms with Crippen LogP contribution in [0.4, 0.5) is 16.2 Å². The first-order chi connectivity index (χ1) is 14.8. The molecule has 8 nitrogen and oxygen atoms in total. The Bertz CT molecular complexity index is 999. The maximum absolute atomic E-state index is 12.4. The van der Waals surface area contributed by atoms with Gasteiger partial charge in [0, 0.05) is 17.4 Å². The highest BCUT2D eigenvalue weighted by molar-refractivity contribution is 7.92. The van der Waals surface area contributed by atoms with E-state index in [-0.39, 0.29) is 23.4 Å². The molecule has 1 fully saturated rings. The van der Waals surface area contributed by atoms with Crippen molar-refractivity contribution in [2.45, 2.75) is 50.0 Å². The number of amides is 3. The summed E-state index contributed by atoms with van der Waals surface area (Å²) in [4.78, 5) is 24.2. The van der Waals surface area contributed by atoms with Crippen LogP contribution in [0.1, 0.15) is 37.7 Å². The number of carbonyl (C=O) groups is 2. The number of hydrogen-bond donors (Lipinski definition) is 4. The van der Waals surface area contributed by atoms with Crippen molar-refractivity contribution in [3.8, 4) is 0 Å². The fourth-order valence-electron chi connectivity index (χ4n) is 3.41. The highest BCUT2D eigenvalue weighted by Crippen LogP contribution is 2.19. The summed E-state index contributed by atoms with van der Waals surface area (Å²) in [6.45, 7) is 1.78. The number of carbonyl (C=O) groups excluding carboxylic acids is 2. The second-order valence-corrected chi connectivity index (χ2v) is 9.39. The van der Waals surface area contributed by atoms with Crippen LogP contribution in [0.2, 0.25) is 0 Å². The maximum Gasteiger partial charge on any atom is 0.319 e. The van der Waals surface area contributed by atoms with Gasteiger partial charge >= 0.3 is 6.03 Å². The fourth-order valence-corrected chi connectivity index (χ4v) is 4.47. The SMILES string of the molecule is Cc1ccc(S(=O)(=O)Nc2ccc(NC(=O)NCC(=O)NC3CCCCC3)cc2)cc1. The zero-order chi connectivity index (χ0) is 22.3. The van der Waals surface area contributed by atoms with E-state index in [9.17, 15) is 18.0 Å². The summed E-state index contributed by atoms with van der Waals surface area (Å²) in [7, 11) is -3.69. The molecule has 31 heavy (non-hydrogen) atoms. The highest BCUT2D eigenvalue weighted by Gasteiger charge is 2.16. The lowest BCUT2D eigenvalue weighted by molar-refractivity contribution is -0.121. The van der Waals surface area contributed by atoms with Crippen LogP contribution in [-0.4, -0.2) is 32.9 Å².